The monoisotopic (exact) mass is 389 g/mol. The first-order chi connectivity index (χ1) is 9.41. The second kappa shape index (κ2) is 7.57. The average Bonchev–Trinajstić information content (AvgIpc) is 2.37. The van der Waals surface area contributed by atoms with Crippen LogP contribution < -0.4 is 5.56 Å². The number of rotatable bonds is 3. The van der Waals surface area contributed by atoms with Crippen LogP contribution in [-0.4, -0.2) is 11.0 Å². The Balaban J connectivity index is 0.00000220. The van der Waals surface area contributed by atoms with Crippen molar-refractivity contribution in [3.8, 4) is 11.3 Å². The Bertz CT molecular complexity index is 683. The van der Waals surface area contributed by atoms with Crippen molar-refractivity contribution in [1.82, 2.24) is 4.57 Å². The van der Waals surface area contributed by atoms with Crippen molar-refractivity contribution in [2.45, 2.75) is 19.9 Å². The molecule has 0 unspecified atom stereocenters. The standard InChI is InChI=1S/C14H10ClF3NO.Y/c1-8-5-6-11(19(14(8)20)7-12(17)18)13-9(15)3-2-4-10(13)16;/h2-5,12H,7H2,1H3;/q-1;. The Labute approximate surface area is 149 Å². The molecule has 0 atom stereocenters. The van der Waals surface area contributed by atoms with Crippen LogP contribution in [0.15, 0.2) is 29.1 Å². The Morgan fingerprint density at radius 3 is 2.62 bits per heavy atom. The Hall–Kier alpha value is -0.646. The van der Waals surface area contributed by atoms with Gasteiger partial charge in [-0.2, -0.15) is 12.1 Å². The van der Waals surface area contributed by atoms with Gasteiger partial charge in [-0.15, -0.1) is 0 Å². The van der Waals surface area contributed by atoms with Crippen LogP contribution in [0.25, 0.3) is 11.3 Å². The number of hydrogen-bond acceptors (Lipinski definition) is 1. The third kappa shape index (κ3) is 3.96. The van der Waals surface area contributed by atoms with E-state index in [0.29, 0.717) is 0 Å². The fraction of sp³-hybridized carbons (Fsp3) is 0.214. The molecule has 0 fully saturated rings. The molecular formula is C14H10ClF3NOY-. The van der Waals surface area contributed by atoms with Gasteiger partial charge in [-0.3, -0.25) is 4.79 Å². The summed E-state index contributed by atoms with van der Waals surface area (Å²) in [6.45, 7) is 0.643. The van der Waals surface area contributed by atoms with E-state index >= 15 is 0 Å². The third-order valence-electron chi connectivity index (χ3n) is 2.80. The van der Waals surface area contributed by atoms with Gasteiger partial charge in [0.15, 0.2) is 5.56 Å². The Morgan fingerprint density at radius 2 is 2.05 bits per heavy atom. The van der Waals surface area contributed by atoms with Crippen molar-refractivity contribution in [1.29, 1.82) is 0 Å². The molecule has 21 heavy (non-hydrogen) atoms. The minimum absolute atomic E-state index is 0. The van der Waals surface area contributed by atoms with Crippen LogP contribution in [0.2, 0.25) is 5.02 Å². The second-order valence-corrected chi connectivity index (χ2v) is 4.63. The van der Waals surface area contributed by atoms with E-state index in [-0.39, 0.29) is 54.6 Å². The van der Waals surface area contributed by atoms with Gasteiger partial charge in [-0.25, -0.2) is 13.2 Å². The third-order valence-corrected chi connectivity index (χ3v) is 3.11. The molecule has 109 valence electrons. The van der Waals surface area contributed by atoms with Crippen LogP contribution in [0.4, 0.5) is 13.2 Å². The van der Waals surface area contributed by atoms with Crippen molar-refractivity contribution in [3.63, 3.8) is 0 Å². The van der Waals surface area contributed by atoms with E-state index < -0.39 is 24.3 Å². The molecule has 1 aromatic heterocycles. The summed E-state index contributed by atoms with van der Waals surface area (Å²) in [5.41, 5.74) is -0.545. The quantitative estimate of drug-likeness (QED) is 0.734. The van der Waals surface area contributed by atoms with Crippen molar-refractivity contribution in [2.24, 2.45) is 0 Å². The fourth-order valence-corrected chi connectivity index (χ4v) is 2.13. The molecule has 0 N–H and O–H groups in total. The van der Waals surface area contributed by atoms with Gasteiger partial charge in [0.25, 0.3) is 6.43 Å². The van der Waals surface area contributed by atoms with Crippen LogP contribution in [-0.2, 0) is 39.3 Å². The van der Waals surface area contributed by atoms with Gasteiger partial charge >= 0.3 is 0 Å². The number of aryl methyl sites for hydroxylation is 1. The van der Waals surface area contributed by atoms with E-state index in [9.17, 15) is 18.0 Å². The average molecular weight is 390 g/mol. The molecule has 0 aliphatic heterocycles. The predicted octanol–water partition coefficient (Wildman–Crippen LogP) is 3.68. The zero-order valence-corrected chi connectivity index (χ0v) is 14.6. The molecule has 1 aromatic carbocycles. The molecule has 0 amide bonds. The normalized spacial score (nSPS) is 10.6. The molecule has 0 bridgehead atoms. The summed E-state index contributed by atoms with van der Waals surface area (Å²) in [4.78, 5) is 12.0. The van der Waals surface area contributed by atoms with Crippen molar-refractivity contribution in [3.05, 3.63) is 57.1 Å². The number of pyridine rings is 1. The molecule has 2 nitrogen and oxygen atoms in total. The number of halogens is 4. The summed E-state index contributed by atoms with van der Waals surface area (Å²) in [5, 5.41) is 0.0347. The molecule has 0 saturated heterocycles. The number of nitrogens with zero attached hydrogens (tertiary/aromatic N) is 1. The number of benzene rings is 1. The van der Waals surface area contributed by atoms with Crippen molar-refractivity contribution in [2.75, 3.05) is 0 Å². The van der Waals surface area contributed by atoms with Gasteiger partial charge in [0, 0.05) is 32.7 Å². The van der Waals surface area contributed by atoms with Gasteiger partial charge in [0.1, 0.15) is 0 Å². The van der Waals surface area contributed by atoms with Gasteiger partial charge in [0.05, 0.1) is 12.4 Å². The van der Waals surface area contributed by atoms with Crippen LogP contribution in [0.3, 0.4) is 0 Å². The summed E-state index contributed by atoms with van der Waals surface area (Å²) >= 11 is 5.90. The van der Waals surface area contributed by atoms with E-state index in [2.05, 4.69) is 6.07 Å². The maximum atomic E-state index is 13.9. The molecular weight excluding hydrogens is 380 g/mol. The SMILES string of the molecule is Cc1c[c-]c(-c2c(F)cccc2Cl)n(CC(F)F)c1=O.[Y]. The van der Waals surface area contributed by atoms with E-state index in [0.717, 1.165) is 10.6 Å². The molecule has 2 aromatic rings. The molecule has 0 aliphatic rings. The van der Waals surface area contributed by atoms with Crippen LogP contribution >= 0.6 is 11.6 Å². The molecule has 0 spiro atoms. The first-order valence-corrected chi connectivity index (χ1v) is 6.14. The van der Waals surface area contributed by atoms with E-state index in [1.54, 1.807) is 0 Å². The Kier molecular flexibility index (Phi) is 6.63. The maximum absolute atomic E-state index is 13.9. The van der Waals surface area contributed by atoms with E-state index in [1.807, 2.05) is 0 Å². The smallest absolute Gasteiger partial charge is 0.256 e. The minimum Gasteiger partial charge on any atom is -0.336 e. The first kappa shape index (κ1) is 18.4. The zero-order valence-electron chi connectivity index (χ0n) is 11.0. The zero-order chi connectivity index (χ0) is 14.9. The largest absolute Gasteiger partial charge is 0.336 e. The molecule has 1 heterocycles. The van der Waals surface area contributed by atoms with Crippen LogP contribution in [0.5, 0.6) is 0 Å². The van der Waals surface area contributed by atoms with Gasteiger partial charge in [0.2, 0.25) is 0 Å². The Morgan fingerprint density at radius 1 is 1.38 bits per heavy atom. The van der Waals surface area contributed by atoms with Gasteiger partial charge < -0.3 is 4.57 Å². The summed E-state index contributed by atoms with van der Waals surface area (Å²) in [6.07, 6.45) is -2.74. The number of alkyl halides is 2. The van der Waals surface area contributed by atoms with Crippen LogP contribution in [0, 0.1) is 18.8 Å². The minimum atomic E-state index is -2.74. The topological polar surface area (TPSA) is 22.0 Å². The first-order valence-electron chi connectivity index (χ1n) is 5.76. The molecule has 0 saturated carbocycles. The summed E-state index contributed by atoms with van der Waals surface area (Å²) in [5.74, 6) is -0.694. The van der Waals surface area contributed by atoms with Crippen molar-refractivity contribution < 1.29 is 45.9 Å². The van der Waals surface area contributed by atoms with Gasteiger partial charge in [-0.05, 0) is 16.7 Å². The number of aromatic nitrogens is 1. The number of hydrogen-bond donors (Lipinski definition) is 0. The van der Waals surface area contributed by atoms with Crippen molar-refractivity contribution >= 4 is 11.6 Å². The molecule has 7 heteroatoms. The summed E-state index contributed by atoms with van der Waals surface area (Å²) in [7, 11) is 0. The van der Waals surface area contributed by atoms with E-state index in [4.69, 9.17) is 11.6 Å². The van der Waals surface area contributed by atoms with E-state index in [1.165, 1.54) is 25.1 Å². The summed E-state index contributed by atoms with van der Waals surface area (Å²) < 4.78 is 39.9. The predicted molar refractivity (Wildman–Crippen MR) is 70.7 cm³/mol. The van der Waals surface area contributed by atoms with Crippen LogP contribution in [0.1, 0.15) is 5.56 Å². The molecule has 0 aliphatic carbocycles. The molecule has 2 rings (SSSR count). The molecule has 1 radical (unpaired) electrons. The maximum Gasteiger partial charge on any atom is 0.256 e. The van der Waals surface area contributed by atoms with Gasteiger partial charge in [-0.1, -0.05) is 41.9 Å². The summed E-state index contributed by atoms with van der Waals surface area (Å²) in [6, 6.07) is 7.95. The fourth-order valence-electron chi connectivity index (χ4n) is 1.87. The second-order valence-electron chi connectivity index (χ2n) is 4.22.